The minimum atomic E-state index is -1.40. The molecule has 16 nitrogen and oxygen atoms in total. The molecule has 1 aliphatic rings. The van der Waals surface area contributed by atoms with Gasteiger partial charge in [-0.2, -0.15) is 0 Å². The molecular weight excluding hydrogens is 692 g/mol. The number of aliphatic carboxylic acids is 1. The minimum absolute atomic E-state index is 0.0213. The highest BCUT2D eigenvalue weighted by molar-refractivity contribution is 5.95. The summed E-state index contributed by atoms with van der Waals surface area (Å²) in [5.41, 5.74) is 1.32. The van der Waals surface area contributed by atoms with Crippen molar-refractivity contribution in [2.24, 2.45) is 0 Å². The van der Waals surface area contributed by atoms with E-state index in [2.05, 4.69) is 16.0 Å². The molecule has 1 heterocycles. The van der Waals surface area contributed by atoms with Crippen LogP contribution in [0, 0.1) is 0 Å². The number of hydrogen-bond donors (Lipinski definition) is 5. The Morgan fingerprint density at radius 3 is 2.26 bits per heavy atom. The van der Waals surface area contributed by atoms with Crippen molar-refractivity contribution < 1.29 is 58.0 Å². The molecule has 0 saturated carbocycles. The molecule has 1 saturated heterocycles. The molecule has 0 aromatic heterocycles. The Morgan fingerprint density at radius 1 is 0.887 bits per heavy atom. The zero-order valence-corrected chi connectivity index (χ0v) is 29.7. The number of carbonyl (C=O) groups excluding carboxylic acids is 6. The van der Waals surface area contributed by atoms with Gasteiger partial charge in [0.05, 0.1) is 13.7 Å². The summed E-state index contributed by atoms with van der Waals surface area (Å²) in [4.78, 5) is 91.0. The first-order valence-electron chi connectivity index (χ1n) is 17.2. The number of carbonyl (C=O) groups is 7. The number of carboxylic acids is 1. The SMILES string of the molecule is CCOC(=O)/C=C/CC[C@H](NC(=O)OCc1ccccc1)C(=O)N[C@@H](CCC(=O)O)C(=O)N1CCC[C@H]1C(=O)N[C@@H](Cc1ccc(O)cc1)C(=O)OC. The maximum absolute atomic E-state index is 14.0. The van der Waals surface area contributed by atoms with Gasteiger partial charge in [0.15, 0.2) is 0 Å². The fraction of sp³-hybridized carbons (Fsp3) is 0.432. The molecule has 0 aliphatic carbocycles. The van der Waals surface area contributed by atoms with E-state index >= 15 is 0 Å². The first kappa shape index (κ1) is 41.5. The van der Waals surface area contributed by atoms with Crippen LogP contribution >= 0.6 is 0 Å². The van der Waals surface area contributed by atoms with Gasteiger partial charge in [-0.05, 0) is 62.3 Å². The highest BCUT2D eigenvalue weighted by Gasteiger charge is 2.39. The van der Waals surface area contributed by atoms with Crippen LogP contribution < -0.4 is 16.0 Å². The summed E-state index contributed by atoms with van der Waals surface area (Å²) in [7, 11) is 1.17. The van der Waals surface area contributed by atoms with Gasteiger partial charge in [-0.3, -0.25) is 19.2 Å². The number of rotatable bonds is 19. The summed E-state index contributed by atoms with van der Waals surface area (Å²) in [6.07, 6.45) is 1.65. The fourth-order valence-corrected chi connectivity index (χ4v) is 5.58. The number of nitrogens with one attached hydrogen (secondary N) is 3. The summed E-state index contributed by atoms with van der Waals surface area (Å²) in [5.74, 6) is -4.73. The number of benzene rings is 2. The number of phenols is 1. The lowest BCUT2D eigenvalue weighted by Gasteiger charge is -2.30. The second-order valence-corrected chi connectivity index (χ2v) is 12.1. The van der Waals surface area contributed by atoms with Crippen molar-refractivity contribution in [1.82, 2.24) is 20.9 Å². The van der Waals surface area contributed by atoms with Crippen LogP contribution in [-0.2, 0) is 56.0 Å². The molecule has 2 aromatic carbocycles. The van der Waals surface area contributed by atoms with E-state index in [9.17, 15) is 43.8 Å². The Balaban J connectivity index is 1.76. The lowest BCUT2D eigenvalue weighted by molar-refractivity contribution is -0.147. The topological polar surface area (TPSA) is 227 Å². The molecule has 4 atom stereocenters. The molecule has 1 aliphatic heterocycles. The van der Waals surface area contributed by atoms with E-state index in [1.165, 1.54) is 36.3 Å². The molecule has 0 spiro atoms. The second-order valence-electron chi connectivity index (χ2n) is 12.1. The van der Waals surface area contributed by atoms with Gasteiger partial charge >= 0.3 is 24.0 Å². The molecule has 3 rings (SSSR count). The van der Waals surface area contributed by atoms with Crippen LogP contribution in [0.25, 0.3) is 0 Å². The third-order valence-electron chi connectivity index (χ3n) is 8.26. The smallest absolute Gasteiger partial charge is 0.408 e. The number of ether oxygens (including phenoxy) is 3. The Labute approximate surface area is 306 Å². The number of carboxylic acid groups (broad SMARTS) is 1. The van der Waals surface area contributed by atoms with Gasteiger partial charge in [0.25, 0.3) is 0 Å². The first-order valence-corrected chi connectivity index (χ1v) is 17.2. The van der Waals surface area contributed by atoms with E-state index < -0.39 is 72.3 Å². The van der Waals surface area contributed by atoms with Crippen molar-refractivity contribution in [2.75, 3.05) is 20.3 Å². The summed E-state index contributed by atoms with van der Waals surface area (Å²) >= 11 is 0. The number of aromatic hydroxyl groups is 1. The Bertz CT molecular complexity index is 1600. The van der Waals surface area contributed by atoms with Gasteiger partial charge in [0.1, 0.15) is 36.5 Å². The van der Waals surface area contributed by atoms with Gasteiger partial charge in [-0.15, -0.1) is 0 Å². The molecule has 16 heteroatoms. The summed E-state index contributed by atoms with van der Waals surface area (Å²) in [6.45, 7) is 1.84. The standard InChI is InChI=1S/C37H46N4O12/c1-3-52-32(45)14-8-7-12-27(40-37(50)53-23-25-10-5-4-6-11-25)33(46)38-28(19-20-31(43)44)35(48)41-21-9-13-30(41)34(47)39-29(36(49)51-2)22-24-15-17-26(42)18-16-24/h4-6,8,10-11,14-18,27-30,42H,3,7,9,12-13,19-23H2,1-2H3,(H,38,46)(H,39,47)(H,40,50)(H,43,44)/b14-8+/t27-,28-,29-,30-/m0/s1. The van der Waals surface area contributed by atoms with Crippen LogP contribution in [0.5, 0.6) is 5.75 Å². The lowest BCUT2D eigenvalue weighted by Crippen LogP contribution is -2.57. The van der Waals surface area contributed by atoms with Crippen LogP contribution in [0.3, 0.4) is 0 Å². The average molecular weight is 739 g/mol. The number of alkyl carbamates (subject to hydrolysis) is 1. The Morgan fingerprint density at radius 2 is 1.60 bits per heavy atom. The van der Waals surface area contributed by atoms with Crippen molar-refractivity contribution in [1.29, 1.82) is 0 Å². The van der Waals surface area contributed by atoms with E-state index in [0.717, 1.165) is 0 Å². The number of methoxy groups -OCH3 is 1. The van der Waals surface area contributed by atoms with Gasteiger partial charge in [0, 0.05) is 25.5 Å². The lowest BCUT2D eigenvalue weighted by atomic mass is 10.0. The van der Waals surface area contributed by atoms with Crippen LogP contribution in [0.2, 0.25) is 0 Å². The molecular formula is C37H46N4O12. The third kappa shape index (κ3) is 14.0. The van der Waals surface area contributed by atoms with Crippen molar-refractivity contribution in [2.45, 2.75) is 82.6 Å². The molecule has 0 radical (unpaired) electrons. The van der Waals surface area contributed by atoms with Gasteiger partial charge in [0.2, 0.25) is 17.7 Å². The maximum atomic E-state index is 14.0. The van der Waals surface area contributed by atoms with Gasteiger partial charge in [-0.25, -0.2) is 14.4 Å². The maximum Gasteiger partial charge on any atom is 0.408 e. The molecule has 4 amide bonds. The fourth-order valence-electron chi connectivity index (χ4n) is 5.58. The average Bonchev–Trinajstić information content (AvgIpc) is 3.64. The zero-order chi connectivity index (χ0) is 38.8. The molecule has 1 fully saturated rings. The second kappa shape index (κ2) is 21.4. The number of nitrogens with zero attached hydrogens (tertiary/aromatic N) is 1. The highest BCUT2D eigenvalue weighted by atomic mass is 16.5. The van der Waals surface area contributed by atoms with Crippen LogP contribution in [0.15, 0.2) is 66.7 Å². The van der Waals surface area contributed by atoms with Crippen molar-refractivity contribution in [3.63, 3.8) is 0 Å². The highest BCUT2D eigenvalue weighted by Crippen LogP contribution is 2.21. The Hall–Kier alpha value is -5.93. The number of amides is 4. The quantitative estimate of drug-likeness (QED) is 0.0794. The molecule has 0 bridgehead atoms. The largest absolute Gasteiger partial charge is 0.508 e. The molecule has 0 unspecified atom stereocenters. The van der Waals surface area contributed by atoms with E-state index in [0.29, 0.717) is 17.5 Å². The zero-order valence-electron chi connectivity index (χ0n) is 29.7. The summed E-state index contributed by atoms with van der Waals surface area (Å²) in [6, 6.07) is 10.0. The van der Waals surface area contributed by atoms with E-state index in [1.54, 1.807) is 49.4 Å². The van der Waals surface area contributed by atoms with Gasteiger partial charge < -0.3 is 45.3 Å². The number of likely N-dealkylation sites (tertiary alicyclic amines) is 1. The number of hydrogen-bond acceptors (Lipinski definition) is 11. The van der Waals surface area contributed by atoms with Crippen molar-refractivity contribution >= 4 is 41.7 Å². The summed E-state index contributed by atoms with van der Waals surface area (Å²) < 4.78 is 15.0. The first-order chi connectivity index (χ1) is 25.4. The molecule has 53 heavy (non-hydrogen) atoms. The number of esters is 2. The normalized spacial score (nSPS) is 15.4. The van der Waals surface area contributed by atoms with E-state index in [-0.39, 0.29) is 57.6 Å². The molecule has 2 aromatic rings. The third-order valence-corrected chi connectivity index (χ3v) is 8.26. The van der Waals surface area contributed by atoms with Crippen LogP contribution in [0.4, 0.5) is 4.79 Å². The predicted molar refractivity (Wildman–Crippen MR) is 188 cm³/mol. The molecule has 286 valence electrons. The van der Waals surface area contributed by atoms with E-state index in [1.807, 2.05) is 0 Å². The van der Waals surface area contributed by atoms with Crippen LogP contribution in [-0.4, -0.2) is 101 Å². The van der Waals surface area contributed by atoms with E-state index in [4.69, 9.17) is 14.2 Å². The van der Waals surface area contributed by atoms with Crippen LogP contribution in [0.1, 0.15) is 56.6 Å². The number of phenolic OH excluding ortho intramolecular Hbond substituents is 1. The monoisotopic (exact) mass is 738 g/mol. The number of allylic oxidation sites excluding steroid dienone is 1. The van der Waals surface area contributed by atoms with Crippen molar-refractivity contribution in [3.05, 3.63) is 77.9 Å². The molecule has 5 N–H and O–H groups in total. The van der Waals surface area contributed by atoms with Crippen molar-refractivity contribution in [3.8, 4) is 5.75 Å². The minimum Gasteiger partial charge on any atom is -0.508 e. The predicted octanol–water partition coefficient (Wildman–Crippen LogP) is 2.13. The van der Waals surface area contributed by atoms with Gasteiger partial charge in [-0.1, -0.05) is 48.5 Å². The Kier molecular flexibility index (Phi) is 16.8. The summed E-state index contributed by atoms with van der Waals surface area (Å²) in [5, 5.41) is 26.7.